The summed E-state index contributed by atoms with van der Waals surface area (Å²) in [5.41, 5.74) is 0. The van der Waals surface area contributed by atoms with Gasteiger partial charge in [-0.25, -0.2) is 0 Å². The van der Waals surface area contributed by atoms with Crippen molar-refractivity contribution in [3.63, 3.8) is 0 Å². The van der Waals surface area contributed by atoms with Crippen molar-refractivity contribution in [2.75, 3.05) is 7.05 Å². The fourth-order valence-corrected chi connectivity index (χ4v) is 1.37. The Morgan fingerprint density at radius 1 is 1.73 bits per heavy atom. The molecule has 1 fully saturated rings. The van der Waals surface area contributed by atoms with E-state index in [0.29, 0.717) is 12.5 Å². The van der Waals surface area contributed by atoms with Gasteiger partial charge in [-0.15, -0.1) is 0 Å². The van der Waals surface area contributed by atoms with Crippen molar-refractivity contribution in [2.24, 2.45) is 0 Å². The van der Waals surface area contributed by atoms with Gasteiger partial charge in [0.2, 0.25) is 0 Å². The number of hydrogen-bond donors (Lipinski definition) is 1. The Morgan fingerprint density at radius 2 is 2.27 bits per heavy atom. The Bertz CT molecular complexity index is 154. The highest BCUT2D eigenvalue weighted by Gasteiger charge is 2.33. The lowest BCUT2D eigenvalue weighted by molar-refractivity contribution is -0.143. The minimum absolute atomic E-state index is 0.275. The van der Waals surface area contributed by atoms with E-state index in [4.69, 9.17) is 5.11 Å². The second-order valence-electron chi connectivity index (χ2n) is 3.16. The summed E-state index contributed by atoms with van der Waals surface area (Å²) in [7, 11) is 1.90. The van der Waals surface area contributed by atoms with Crippen LogP contribution in [0, 0.1) is 0 Å². The number of likely N-dealkylation sites (N-methyl/N-ethyl adjacent to an activating group) is 1. The molecule has 1 atom stereocenters. The first-order chi connectivity index (χ1) is 5.16. The molecule has 0 radical (unpaired) electrons. The van der Waals surface area contributed by atoms with Crippen molar-refractivity contribution in [3.05, 3.63) is 0 Å². The Morgan fingerprint density at radius 3 is 2.55 bits per heavy atom. The molecule has 0 aromatic carbocycles. The zero-order valence-corrected chi connectivity index (χ0v) is 7.08. The number of carbonyl (C=O) groups is 1. The first-order valence-electron chi connectivity index (χ1n) is 4.11. The number of aliphatic carboxylic acids is 1. The lowest BCUT2D eigenvalue weighted by Crippen LogP contribution is -2.39. The fraction of sp³-hybridized carbons (Fsp3) is 0.875. The Balaban J connectivity index is 2.45. The van der Waals surface area contributed by atoms with Gasteiger partial charge in [-0.3, -0.25) is 9.69 Å². The minimum atomic E-state index is -0.693. The molecule has 0 heterocycles. The van der Waals surface area contributed by atoms with E-state index in [0.717, 1.165) is 0 Å². The summed E-state index contributed by atoms with van der Waals surface area (Å²) in [5, 5.41) is 8.78. The van der Waals surface area contributed by atoms with E-state index in [2.05, 4.69) is 0 Å². The third-order valence-electron chi connectivity index (χ3n) is 2.29. The Labute approximate surface area is 67.0 Å². The van der Waals surface area contributed by atoms with E-state index in [1.54, 1.807) is 0 Å². The molecule has 1 saturated carbocycles. The van der Waals surface area contributed by atoms with Gasteiger partial charge in [-0.2, -0.15) is 0 Å². The van der Waals surface area contributed by atoms with E-state index in [9.17, 15) is 4.79 Å². The molecule has 1 unspecified atom stereocenters. The molecule has 1 N–H and O–H groups in total. The summed E-state index contributed by atoms with van der Waals surface area (Å²) in [4.78, 5) is 12.6. The summed E-state index contributed by atoms with van der Waals surface area (Å²) in [6, 6.07) is 0.263. The standard InChI is InChI=1S/C8H15NO2/c1-3-7(8(10)11)9(2)6-4-5-6/h6-7H,3-5H2,1-2H3,(H,10,11). The van der Waals surface area contributed by atoms with Crippen molar-refractivity contribution in [2.45, 2.75) is 38.3 Å². The van der Waals surface area contributed by atoms with Gasteiger partial charge in [0, 0.05) is 6.04 Å². The van der Waals surface area contributed by atoms with E-state index in [1.807, 2.05) is 18.9 Å². The molecule has 0 saturated heterocycles. The molecule has 0 aromatic rings. The number of nitrogens with zero attached hydrogens (tertiary/aromatic N) is 1. The lowest BCUT2D eigenvalue weighted by Gasteiger charge is -2.22. The number of carboxylic acids is 1. The molecule has 0 bridgehead atoms. The van der Waals surface area contributed by atoms with Gasteiger partial charge in [0.15, 0.2) is 0 Å². The van der Waals surface area contributed by atoms with Gasteiger partial charge in [-0.05, 0) is 26.3 Å². The topological polar surface area (TPSA) is 40.5 Å². The van der Waals surface area contributed by atoms with Crippen LogP contribution in [-0.2, 0) is 4.79 Å². The van der Waals surface area contributed by atoms with Crippen LogP contribution in [-0.4, -0.2) is 35.1 Å². The van der Waals surface area contributed by atoms with Crippen molar-refractivity contribution >= 4 is 5.97 Å². The zero-order chi connectivity index (χ0) is 8.43. The summed E-state index contributed by atoms with van der Waals surface area (Å²) in [6.07, 6.45) is 3.03. The summed E-state index contributed by atoms with van der Waals surface area (Å²) < 4.78 is 0. The quantitative estimate of drug-likeness (QED) is 0.660. The van der Waals surface area contributed by atoms with Gasteiger partial charge in [-0.1, -0.05) is 6.92 Å². The Kier molecular flexibility index (Phi) is 2.49. The molecular weight excluding hydrogens is 142 g/mol. The van der Waals surface area contributed by atoms with Crippen LogP contribution in [0.2, 0.25) is 0 Å². The van der Waals surface area contributed by atoms with E-state index in [-0.39, 0.29) is 6.04 Å². The average molecular weight is 157 g/mol. The lowest BCUT2D eigenvalue weighted by atomic mass is 10.2. The van der Waals surface area contributed by atoms with E-state index in [1.165, 1.54) is 12.8 Å². The van der Waals surface area contributed by atoms with Crippen molar-refractivity contribution in [1.82, 2.24) is 4.90 Å². The molecule has 64 valence electrons. The SMILES string of the molecule is CCC(C(=O)O)N(C)C1CC1. The molecule has 0 aromatic heterocycles. The highest BCUT2D eigenvalue weighted by atomic mass is 16.4. The van der Waals surface area contributed by atoms with Crippen LogP contribution >= 0.6 is 0 Å². The maximum Gasteiger partial charge on any atom is 0.320 e. The third-order valence-corrected chi connectivity index (χ3v) is 2.29. The smallest absolute Gasteiger partial charge is 0.320 e. The second-order valence-corrected chi connectivity index (χ2v) is 3.16. The average Bonchev–Trinajstić information content (AvgIpc) is 2.68. The number of carboxylic acid groups (broad SMARTS) is 1. The maximum absolute atomic E-state index is 10.7. The normalized spacial score (nSPS) is 20.3. The van der Waals surface area contributed by atoms with Gasteiger partial charge < -0.3 is 5.11 Å². The molecule has 1 aliphatic rings. The monoisotopic (exact) mass is 157 g/mol. The van der Waals surface area contributed by atoms with Crippen molar-refractivity contribution in [1.29, 1.82) is 0 Å². The molecule has 0 spiro atoms. The van der Waals surface area contributed by atoms with Gasteiger partial charge in [0.1, 0.15) is 6.04 Å². The molecular formula is C8H15NO2. The van der Waals surface area contributed by atoms with Crippen LogP contribution < -0.4 is 0 Å². The number of hydrogen-bond acceptors (Lipinski definition) is 2. The van der Waals surface area contributed by atoms with Crippen LogP contribution in [0.4, 0.5) is 0 Å². The van der Waals surface area contributed by atoms with Crippen LogP contribution in [0.5, 0.6) is 0 Å². The fourth-order valence-electron chi connectivity index (χ4n) is 1.37. The molecule has 0 aliphatic heterocycles. The first kappa shape index (κ1) is 8.53. The van der Waals surface area contributed by atoms with Crippen LogP contribution in [0.3, 0.4) is 0 Å². The molecule has 1 aliphatic carbocycles. The largest absolute Gasteiger partial charge is 0.480 e. The molecule has 1 rings (SSSR count). The first-order valence-corrected chi connectivity index (χ1v) is 4.11. The van der Waals surface area contributed by atoms with Crippen LogP contribution in [0.25, 0.3) is 0 Å². The molecule has 3 nitrogen and oxygen atoms in total. The van der Waals surface area contributed by atoms with Gasteiger partial charge in [0.05, 0.1) is 0 Å². The zero-order valence-electron chi connectivity index (χ0n) is 7.08. The van der Waals surface area contributed by atoms with E-state index >= 15 is 0 Å². The van der Waals surface area contributed by atoms with Crippen molar-refractivity contribution in [3.8, 4) is 0 Å². The van der Waals surface area contributed by atoms with Gasteiger partial charge in [0.25, 0.3) is 0 Å². The second kappa shape index (κ2) is 3.22. The highest BCUT2D eigenvalue weighted by molar-refractivity contribution is 5.73. The minimum Gasteiger partial charge on any atom is -0.480 e. The van der Waals surface area contributed by atoms with Crippen LogP contribution in [0.15, 0.2) is 0 Å². The maximum atomic E-state index is 10.7. The summed E-state index contributed by atoms with van der Waals surface area (Å²) in [6.45, 7) is 1.91. The predicted molar refractivity (Wildman–Crippen MR) is 42.5 cm³/mol. The summed E-state index contributed by atoms with van der Waals surface area (Å²) in [5.74, 6) is -0.693. The molecule has 11 heavy (non-hydrogen) atoms. The third kappa shape index (κ3) is 1.93. The van der Waals surface area contributed by atoms with Crippen molar-refractivity contribution < 1.29 is 9.90 Å². The highest BCUT2D eigenvalue weighted by Crippen LogP contribution is 2.27. The van der Waals surface area contributed by atoms with Gasteiger partial charge >= 0.3 is 5.97 Å². The summed E-state index contributed by atoms with van der Waals surface area (Å²) >= 11 is 0. The molecule has 3 heteroatoms. The number of rotatable bonds is 4. The predicted octanol–water partition coefficient (Wildman–Crippen LogP) is 0.944. The van der Waals surface area contributed by atoms with E-state index < -0.39 is 5.97 Å². The molecule has 0 amide bonds. The Hall–Kier alpha value is -0.570. The van der Waals surface area contributed by atoms with Crippen LogP contribution in [0.1, 0.15) is 26.2 Å².